The highest BCUT2D eigenvalue weighted by Gasteiger charge is 2.47. The largest absolute Gasteiger partial charge is 0.573 e. The number of alkyl halides is 6. The fourth-order valence-electron chi connectivity index (χ4n) is 5.98. The zero-order chi connectivity index (χ0) is 29.4. The van der Waals surface area contributed by atoms with Gasteiger partial charge in [-0.15, -0.1) is 13.2 Å². The van der Waals surface area contributed by atoms with Crippen LogP contribution in [0.2, 0.25) is 0 Å². The molecule has 1 saturated heterocycles. The maximum Gasteiger partial charge on any atom is 0.573 e. The summed E-state index contributed by atoms with van der Waals surface area (Å²) < 4.78 is 88.8. The third-order valence-electron chi connectivity index (χ3n) is 7.87. The van der Waals surface area contributed by atoms with E-state index in [1.165, 1.54) is 23.1 Å². The topological polar surface area (TPSA) is 45.2 Å². The fraction of sp³-hybridized carbons (Fsp3) is 0.400. The number of β-amino-alcohol motifs (C(OH)–C–C–N with tert-alkyl or cyclic N) is 1. The van der Waals surface area contributed by atoms with Crippen molar-refractivity contribution in [3.05, 3.63) is 89.5 Å². The number of aliphatic hydroxyl groups is 1. The van der Waals surface area contributed by atoms with Crippen LogP contribution in [0.15, 0.2) is 72.8 Å². The number of fused-ring (bicyclic) bond motifs is 1. The summed E-state index contributed by atoms with van der Waals surface area (Å²) in [7, 11) is 1.66. The lowest BCUT2D eigenvalue weighted by atomic mass is 9.71. The van der Waals surface area contributed by atoms with Gasteiger partial charge in [-0.05, 0) is 59.9 Å². The van der Waals surface area contributed by atoms with Gasteiger partial charge in [-0.2, -0.15) is 13.2 Å². The normalized spacial score (nSPS) is 21.7. The molecule has 3 aromatic carbocycles. The van der Waals surface area contributed by atoms with Crippen LogP contribution >= 0.6 is 0 Å². The number of methoxy groups -OCH3 is 1. The molecule has 1 unspecified atom stereocenters. The minimum Gasteiger partial charge on any atom is -0.406 e. The lowest BCUT2D eigenvalue weighted by molar-refractivity contribution is -0.274. The maximum absolute atomic E-state index is 13.4. The number of aliphatic hydroxyl groups excluding tert-OH is 1. The highest BCUT2D eigenvalue weighted by atomic mass is 19.4. The molecule has 1 fully saturated rings. The van der Waals surface area contributed by atoms with Crippen molar-refractivity contribution in [2.45, 2.75) is 43.0 Å². The van der Waals surface area contributed by atoms with Gasteiger partial charge >= 0.3 is 12.5 Å². The van der Waals surface area contributed by atoms with E-state index in [0.717, 1.165) is 29.8 Å². The Hall–Kier alpha value is -3.44. The van der Waals surface area contributed by atoms with Gasteiger partial charge in [0.05, 0.1) is 12.6 Å². The molecule has 11 heteroatoms. The summed E-state index contributed by atoms with van der Waals surface area (Å²) in [6.45, 7) is 0.853. The first kappa shape index (κ1) is 29.1. The molecule has 0 saturated carbocycles. The Morgan fingerprint density at radius 1 is 0.976 bits per heavy atom. The van der Waals surface area contributed by atoms with Crippen molar-refractivity contribution in [1.82, 2.24) is 0 Å². The Morgan fingerprint density at radius 3 is 2.44 bits per heavy atom. The van der Waals surface area contributed by atoms with Crippen molar-refractivity contribution in [3.63, 3.8) is 0 Å². The first-order chi connectivity index (χ1) is 19.4. The molecular weight excluding hydrogens is 550 g/mol. The Labute approximate surface area is 233 Å². The first-order valence-corrected chi connectivity index (χ1v) is 13.2. The van der Waals surface area contributed by atoms with Crippen LogP contribution in [-0.2, 0) is 16.6 Å². The van der Waals surface area contributed by atoms with Crippen LogP contribution in [0.5, 0.6) is 5.75 Å². The van der Waals surface area contributed by atoms with Crippen molar-refractivity contribution in [3.8, 4) is 5.75 Å². The summed E-state index contributed by atoms with van der Waals surface area (Å²) in [6.07, 6.45) is -11.1. The number of hydrogen-bond acceptors (Lipinski definition) is 5. The Kier molecular flexibility index (Phi) is 7.86. The van der Waals surface area contributed by atoms with Gasteiger partial charge in [0.1, 0.15) is 5.75 Å². The van der Waals surface area contributed by atoms with E-state index in [-0.39, 0.29) is 24.8 Å². The molecular formula is C30H30F6N2O3. The molecule has 220 valence electrons. The standard InChI is InChI=1S/C30H30F6N2O3/c1-40-24-12-13-37(17-24)22-8-5-7-21(15-22)28(16-20-6-4-9-23(14-20)41-30(34,35)36)19-38(18-27(39)29(31,32)33)26-11-3-2-10-25(26)28/h2-11,14-15,24,27,39H,12-13,16-19H2,1H3/t24-,27-,28?/m1/s1. The summed E-state index contributed by atoms with van der Waals surface area (Å²) in [5.74, 6) is -0.378. The van der Waals surface area contributed by atoms with E-state index in [2.05, 4.69) is 9.64 Å². The molecule has 5 rings (SSSR count). The Balaban J connectivity index is 1.59. The molecule has 3 atom stereocenters. The van der Waals surface area contributed by atoms with Crippen LogP contribution in [0.4, 0.5) is 37.7 Å². The number of para-hydroxylation sites is 1. The lowest BCUT2D eigenvalue weighted by Crippen LogP contribution is -2.44. The number of anilines is 2. The Bertz CT molecular complexity index is 1360. The molecule has 0 amide bonds. The second-order valence-electron chi connectivity index (χ2n) is 10.6. The molecule has 2 aliphatic rings. The van der Waals surface area contributed by atoms with Gasteiger partial charge in [-0.25, -0.2) is 0 Å². The van der Waals surface area contributed by atoms with Gasteiger partial charge in [0.2, 0.25) is 0 Å². The minimum atomic E-state index is -4.87. The monoisotopic (exact) mass is 580 g/mol. The van der Waals surface area contributed by atoms with Gasteiger partial charge in [-0.1, -0.05) is 42.5 Å². The summed E-state index contributed by atoms with van der Waals surface area (Å²) in [6, 6.07) is 20.4. The van der Waals surface area contributed by atoms with Crippen LogP contribution in [0.1, 0.15) is 23.1 Å². The summed E-state index contributed by atoms with van der Waals surface area (Å²) >= 11 is 0. The van der Waals surface area contributed by atoms with Crippen LogP contribution in [0.3, 0.4) is 0 Å². The molecule has 3 aromatic rings. The van der Waals surface area contributed by atoms with Crippen LogP contribution < -0.4 is 14.5 Å². The summed E-state index contributed by atoms with van der Waals surface area (Å²) in [5.41, 5.74) is 2.56. The van der Waals surface area contributed by atoms with Gasteiger partial charge in [0, 0.05) is 43.5 Å². The van der Waals surface area contributed by atoms with Crippen LogP contribution in [-0.4, -0.2) is 63.1 Å². The average Bonchev–Trinajstić information content (AvgIpc) is 3.52. The first-order valence-electron chi connectivity index (χ1n) is 13.2. The molecule has 0 aliphatic carbocycles. The summed E-state index contributed by atoms with van der Waals surface area (Å²) in [5, 5.41) is 9.97. The van der Waals surface area contributed by atoms with Gasteiger partial charge in [0.25, 0.3) is 0 Å². The van der Waals surface area contributed by atoms with Crippen molar-refractivity contribution in [2.75, 3.05) is 43.1 Å². The number of nitrogens with zero attached hydrogens (tertiary/aromatic N) is 2. The quantitative estimate of drug-likeness (QED) is 0.327. The molecule has 0 radical (unpaired) electrons. The van der Waals surface area contributed by atoms with E-state index in [4.69, 9.17) is 4.74 Å². The Morgan fingerprint density at radius 2 is 1.73 bits per heavy atom. The SMILES string of the molecule is CO[C@@H]1CCN(c2cccc(C3(Cc4cccc(OC(F)(F)F)c4)CN(C[C@@H](O)C(F)(F)F)c4ccccc43)c2)C1. The third kappa shape index (κ3) is 6.25. The fourth-order valence-corrected chi connectivity index (χ4v) is 5.98. The zero-order valence-electron chi connectivity index (χ0n) is 22.3. The van der Waals surface area contributed by atoms with Crippen molar-refractivity contribution in [1.29, 1.82) is 0 Å². The number of benzene rings is 3. The van der Waals surface area contributed by atoms with E-state index >= 15 is 0 Å². The molecule has 5 nitrogen and oxygen atoms in total. The van der Waals surface area contributed by atoms with Crippen molar-refractivity contribution >= 4 is 11.4 Å². The van der Waals surface area contributed by atoms with Gasteiger partial charge in [0.15, 0.2) is 6.10 Å². The zero-order valence-corrected chi connectivity index (χ0v) is 22.3. The molecule has 2 aliphatic heterocycles. The average molecular weight is 581 g/mol. The molecule has 0 aromatic heterocycles. The second-order valence-corrected chi connectivity index (χ2v) is 10.6. The van der Waals surface area contributed by atoms with Crippen LogP contribution in [0, 0.1) is 0 Å². The number of hydrogen-bond donors (Lipinski definition) is 1. The van der Waals surface area contributed by atoms with Crippen molar-refractivity contribution in [2.24, 2.45) is 0 Å². The predicted molar refractivity (Wildman–Crippen MR) is 142 cm³/mol. The van der Waals surface area contributed by atoms with Crippen molar-refractivity contribution < 1.29 is 40.9 Å². The number of ether oxygens (including phenoxy) is 2. The summed E-state index contributed by atoms with van der Waals surface area (Å²) in [4.78, 5) is 3.68. The molecule has 41 heavy (non-hydrogen) atoms. The van der Waals surface area contributed by atoms with E-state index in [1.807, 2.05) is 30.3 Å². The highest BCUT2D eigenvalue weighted by molar-refractivity contribution is 5.68. The van der Waals surface area contributed by atoms with E-state index in [1.54, 1.807) is 31.4 Å². The molecule has 0 bridgehead atoms. The van der Waals surface area contributed by atoms with E-state index < -0.39 is 30.6 Å². The molecule has 0 spiro atoms. The molecule has 1 N–H and O–H groups in total. The predicted octanol–water partition coefficient (Wildman–Crippen LogP) is 6.08. The molecule has 2 heterocycles. The maximum atomic E-state index is 13.4. The minimum absolute atomic E-state index is 0.0774. The number of rotatable bonds is 8. The highest BCUT2D eigenvalue weighted by Crippen LogP contribution is 2.48. The third-order valence-corrected chi connectivity index (χ3v) is 7.87. The van der Waals surface area contributed by atoms with Crippen LogP contribution in [0.25, 0.3) is 0 Å². The van der Waals surface area contributed by atoms with Gasteiger partial charge in [-0.3, -0.25) is 0 Å². The lowest BCUT2D eigenvalue weighted by Gasteiger charge is -2.33. The number of halogens is 6. The van der Waals surface area contributed by atoms with E-state index in [0.29, 0.717) is 17.8 Å². The second kappa shape index (κ2) is 11.1. The van der Waals surface area contributed by atoms with Gasteiger partial charge < -0.3 is 24.4 Å². The smallest absolute Gasteiger partial charge is 0.406 e. The van der Waals surface area contributed by atoms with E-state index in [9.17, 15) is 31.4 Å².